The van der Waals surface area contributed by atoms with Crippen LogP contribution >= 0.6 is 0 Å². The Kier molecular flexibility index (Phi) is 3.82. The van der Waals surface area contributed by atoms with Crippen LogP contribution in [0.15, 0.2) is 53.4 Å². The number of hydrogen-bond acceptors (Lipinski definition) is 4. The second kappa shape index (κ2) is 5.40. The van der Waals surface area contributed by atoms with Gasteiger partial charge in [-0.25, -0.2) is 0 Å². The van der Waals surface area contributed by atoms with E-state index < -0.39 is 15.0 Å². The lowest BCUT2D eigenvalue weighted by molar-refractivity contribution is -0.384. The third-order valence-electron chi connectivity index (χ3n) is 2.78. The SMILES string of the molecule is O=[N+]([O-])c1ccc(Cc2ccc(S(=O)(=O)O)cc2)cc1. The molecule has 0 atom stereocenters. The van der Waals surface area contributed by atoms with Gasteiger partial charge in [-0.1, -0.05) is 24.3 Å². The van der Waals surface area contributed by atoms with E-state index >= 15 is 0 Å². The lowest BCUT2D eigenvalue weighted by Crippen LogP contribution is -1.98. The minimum Gasteiger partial charge on any atom is -0.282 e. The van der Waals surface area contributed by atoms with Gasteiger partial charge in [0.2, 0.25) is 0 Å². The lowest BCUT2D eigenvalue weighted by Gasteiger charge is -2.03. The number of rotatable bonds is 4. The van der Waals surface area contributed by atoms with Crippen molar-refractivity contribution >= 4 is 15.8 Å². The van der Waals surface area contributed by atoms with Crippen molar-refractivity contribution in [2.75, 3.05) is 0 Å². The molecule has 20 heavy (non-hydrogen) atoms. The molecule has 0 aliphatic rings. The molecule has 0 aromatic heterocycles. The molecule has 0 saturated heterocycles. The Morgan fingerprint density at radius 1 is 0.950 bits per heavy atom. The number of nitrogens with zero attached hydrogens (tertiary/aromatic N) is 1. The van der Waals surface area contributed by atoms with Crippen LogP contribution in [0.4, 0.5) is 5.69 Å². The molecule has 0 spiro atoms. The van der Waals surface area contributed by atoms with Gasteiger partial charge in [0.25, 0.3) is 15.8 Å². The third-order valence-corrected chi connectivity index (χ3v) is 3.64. The quantitative estimate of drug-likeness (QED) is 0.530. The molecule has 2 rings (SSSR count). The highest BCUT2D eigenvalue weighted by Crippen LogP contribution is 2.16. The second-order valence-electron chi connectivity index (χ2n) is 4.22. The van der Waals surface area contributed by atoms with E-state index in [1.165, 1.54) is 24.3 Å². The zero-order valence-electron chi connectivity index (χ0n) is 10.3. The van der Waals surface area contributed by atoms with Crippen LogP contribution in [0.3, 0.4) is 0 Å². The van der Waals surface area contributed by atoms with Crippen molar-refractivity contribution in [2.45, 2.75) is 11.3 Å². The maximum Gasteiger partial charge on any atom is 0.294 e. The number of nitro benzene ring substituents is 1. The van der Waals surface area contributed by atoms with E-state index in [4.69, 9.17) is 4.55 Å². The molecule has 2 aromatic carbocycles. The van der Waals surface area contributed by atoms with E-state index in [1.54, 1.807) is 24.3 Å². The molecule has 0 amide bonds. The first-order valence-electron chi connectivity index (χ1n) is 5.66. The predicted molar refractivity (Wildman–Crippen MR) is 72.2 cm³/mol. The van der Waals surface area contributed by atoms with Crippen LogP contribution in [0.1, 0.15) is 11.1 Å². The normalized spacial score (nSPS) is 11.2. The first kappa shape index (κ1) is 14.2. The Morgan fingerprint density at radius 2 is 1.40 bits per heavy atom. The van der Waals surface area contributed by atoms with Gasteiger partial charge in [0.15, 0.2) is 0 Å². The zero-order chi connectivity index (χ0) is 14.8. The molecule has 0 unspecified atom stereocenters. The molecular formula is C13H11NO5S. The van der Waals surface area contributed by atoms with E-state index in [-0.39, 0.29) is 10.6 Å². The smallest absolute Gasteiger partial charge is 0.282 e. The van der Waals surface area contributed by atoms with E-state index in [0.717, 1.165) is 11.1 Å². The third kappa shape index (κ3) is 3.40. The van der Waals surface area contributed by atoms with E-state index in [9.17, 15) is 18.5 Å². The fraction of sp³-hybridized carbons (Fsp3) is 0.0769. The highest BCUT2D eigenvalue weighted by Gasteiger charge is 2.09. The fourth-order valence-electron chi connectivity index (χ4n) is 1.75. The highest BCUT2D eigenvalue weighted by atomic mass is 32.2. The maximum absolute atomic E-state index is 10.9. The summed E-state index contributed by atoms with van der Waals surface area (Å²) >= 11 is 0. The minimum absolute atomic E-state index is 0.0236. The highest BCUT2D eigenvalue weighted by molar-refractivity contribution is 7.85. The summed E-state index contributed by atoms with van der Waals surface area (Å²) < 4.78 is 30.7. The molecule has 0 radical (unpaired) electrons. The first-order valence-corrected chi connectivity index (χ1v) is 7.10. The van der Waals surface area contributed by atoms with Crippen molar-refractivity contribution in [2.24, 2.45) is 0 Å². The fourth-order valence-corrected chi connectivity index (χ4v) is 2.23. The van der Waals surface area contributed by atoms with Gasteiger partial charge < -0.3 is 0 Å². The molecule has 7 heteroatoms. The van der Waals surface area contributed by atoms with Gasteiger partial charge >= 0.3 is 0 Å². The van der Waals surface area contributed by atoms with Crippen LogP contribution in [0, 0.1) is 10.1 Å². The zero-order valence-corrected chi connectivity index (χ0v) is 11.1. The Hall–Kier alpha value is -2.25. The standard InChI is InChI=1S/C13H11NO5S/c15-14(16)12-5-1-10(2-6-12)9-11-3-7-13(8-4-11)20(17,18)19/h1-8H,9H2,(H,17,18,19). The number of hydrogen-bond donors (Lipinski definition) is 1. The largest absolute Gasteiger partial charge is 0.294 e. The van der Waals surface area contributed by atoms with Crippen molar-refractivity contribution in [3.05, 3.63) is 69.8 Å². The van der Waals surface area contributed by atoms with Crippen LogP contribution in [0.5, 0.6) is 0 Å². The van der Waals surface area contributed by atoms with Crippen molar-refractivity contribution in [3.63, 3.8) is 0 Å². The minimum atomic E-state index is -4.18. The van der Waals surface area contributed by atoms with Gasteiger partial charge in [-0.15, -0.1) is 0 Å². The summed E-state index contributed by atoms with van der Waals surface area (Å²) in [4.78, 5) is 9.90. The van der Waals surface area contributed by atoms with Gasteiger partial charge in [-0.05, 0) is 29.7 Å². The maximum atomic E-state index is 10.9. The molecule has 0 aliphatic carbocycles. The number of non-ortho nitro benzene ring substituents is 1. The molecule has 2 aromatic rings. The van der Waals surface area contributed by atoms with Crippen LogP contribution in [0.2, 0.25) is 0 Å². The van der Waals surface area contributed by atoms with Crippen LogP contribution in [-0.4, -0.2) is 17.9 Å². The molecule has 0 fully saturated rings. The van der Waals surface area contributed by atoms with Gasteiger partial charge in [0.05, 0.1) is 9.82 Å². The number of benzene rings is 2. The van der Waals surface area contributed by atoms with Crippen LogP contribution in [-0.2, 0) is 16.5 Å². The van der Waals surface area contributed by atoms with Crippen LogP contribution < -0.4 is 0 Å². The molecule has 0 bridgehead atoms. The molecule has 0 heterocycles. The first-order chi connectivity index (χ1) is 9.36. The van der Waals surface area contributed by atoms with E-state index in [0.29, 0.717) is 6.42 Å². The van der Waals surface area contributed by atoms with E-state index in [2.05, 4.69) is 0 Å². The molecule has 0 aliphatic heterocycles. The molecule has 104 valence electrons. The molecule has 0 saturated carbocycles. The van der Waals surface area contributed by atoms with Gasteiger partial charge in [0, 0.05) is 12.1 Å². The summed E-state index contributed by atoms with van der Waals surface area (Å²) in [5.41, 5.74) is 1.73. The molecular weight excluding hydrogens is 282 g/mol. The predicted octanol–water partition coefficient (Wildman–Crippen LogP) is 2.43. The molecule has 6 nitrogen and oxygen atoms in total. The second-order valence-corrected chi connectivity index (χ2v) is 5.64. The van der Waals surface area contributed by atoms with Gasteiger partial charge in [0.1, 0.15) is 0 Å². The Morgan fingerprint density at radius 3 is 1.80 bits per heavy atom. The van der Waals surface area contributed by atoms with Crippen molar-refractivity contribution in [3.8, 4) is 0 Å². The van der Waals surface area contributed by atoms with E-state index in [1.807, 2.05) is 0 Å². The Bertz CT molecular complexity index is 720. The Balaban J connectivity index is 2.16. The Labute approximate surface area is 115 Å². The van der Waals surface area contributed by atoms with Gasteiger partial charge in [-0.3, -0.25) is 14.7 Å². The van der Waals surface area contributed by atoms with Crippen molar-refractivity contribution in [1.29, 1.82) is 0 Å². The summed E-state index contributed by atoms with van der Waals surface area (Å²) in [6.07, 6.45) is 0.518. The van der Waals surface area contributed by atoms with Crippen molar-refractivity contribution in [1.82, 2.24) is 0 Å². The summed E-state index contributed by atoms with van der Waals surface area (Å²) in [5.74, 6) is 0. The summed E-state index contributed by atoms with van der Waals surface area (Å²) in [5, 5.41) is 10.5. The lowest BCUT2D eigenvalue weighted by atomic mass is 10.1. The summed E-state index contributed by atoms with van der Waals surface area (Å²) in [6.45, 7) is 0. The summed E-state index contributed by atoms with van der Waals surface area (Å²) in [7, 11) is -4.18. The van der Waals surface area contributed by atoms with Crippen molar-refractivity contribution < 1.29 is 17.9 Å². The monoisotopic (exact) mass is 293 g/mol. The van der Waals surface area contributed by atoms with Crippen LogP contribution in [0.25, 0.3) is 0 Å². The number of nitro groups is 1. The average molecular weight is 293 g/mol. The topological polar surface area (TPSA) is 97.5 Å². The molecule has 1 N–H and O–H groups in total. The average Bonchev–Trinajstić information content (AvgIpc) is 2.39. The van der Waals surface area contributed by atoms with Gasteiger partial charge in [-0.2, -0.15) is 8.42 Å². The summed E-state index contributed by atoms with van der Waals surface area (Å²) in [6, 6.07) is 11.9.